The molecule has 0 aliphatic heterocycles. The maximum Gasteiger partial charge on any atom is 0.234 e. The lowest BCUT2D eigenvalue weighted by atomic mass is 10.3. The van der Waals surface area contributed by atoms with E-state index in [4.69, 9.17) is 0 Å². The number of nitrogens with one attached hydrogen (secondary N) is 1. The monoisotopic (exact) mass is 310 g/mol. The molecule has 0 aliphatic rings. The van der Waals surface area contributed by atoms with Gasteiger partial charge in [-0.25, -0.2) is 4.98 Å². The van der Waals surface area contributed by atoms with E-state index in [0.29, 0.717) is 19.6 Å². The van der Waals surface area contributed by atoms with Crippen molar-refractivity contribution in [3.63, 3.8) is 0 Å². The van der Waals surface area contributed by atoms with E-state index in [9.17, 15) is 4.79 Å². The van der Waals surface area contributed by atoms with Gasteiger partial charge in [0.25, 0.3) is 0 Å². The van der Waals surface area contributed by atoms with Crippen molar-refractivity contribution >= 4 is 11.6 Å². The van der Waals surface area contributed by atoms with Crippen LogP contribution in [0.15, 0.2) is 49.3 Å². The smallest absolute Gasteiger partial charge is 0.234 e. The quantitative estimate of drug-likeness (QED) is 0.731. The molecule has 1 N–H and O–H groups in total. The van der Waals surface area contributed by atoms with Gasteiger partial charge in [0.15, 0.2) is 5.65 Å². The predicted octanol–water partition coefficient (Wildman–Crippen LogP) is 0.872. The zero-order valence-corrected chi connectivity index (χ0v) is 12.9. The molecular formula is C16H18N6O. The van der Waals surface area contributed by atoms with Gasteiger partial charge in [-0.2, -0.15) is 0 Å². The van der Waals surface area contributed by atoms with Gasteiger partial charge in [0, 0.05) is 31.3 Å². The molecule has 7 nitrogen and oxygen atoms in total. The third-order valence-electron chi connectivity index (χ3n) is 3.45. The molecule has 3 aromatic rings. The largest absolute Gasteiger partial charge is 0.349 e. The number of hydrogen-bond acceptors (Lipinski definition) is 5. The topological polar surface area (TPSA) is 75.4 Å². The molecule has 0 fully saturated rings. The number of carbonyl (C=O) groups is 1. The Balaban J connectivity index is 1.51. The van der Waals surface area contributed by atoms with Crippen LogP contribution in [-0.4, -0.2) is 43.8 Å². The summed E-state index contributed by atoms with van der Waals surface area (Å²) < 4.78 is 1.91. The Labute approximate surface area is 134 Å². The first-order chi connectivity index (χ1) is 11.2. The number of amides is 1. The number of aromatic nitrogens is 4. The number of fused-ring (bicyclic) bond motifs is 1. The fourth-order valence-electron chi connectivity index (χ4n) is 2.37. The van der Waals surface area contributed by atoms with Gasteiger partial charge in [0.1, 0.15) is 0 Å². The number of rotatable bonds is 6. The Kier molecular flexibility index (Phi) is 4.58. The van der Waals surface area contributed by atoms with E-state index in [0.717, 1.165) is 16.9 Å². The van der Waals surface area contributed by atoms with Gasteiger partial charge in [-0.3, -0.25) is 24.1 Å². The van der Waals surface area contributed by atoms with Crippen molar-refractivity contribution < 1.29 is 4.79 Å². The molecule has 3 aromatic heterocycles. The van der Waals surface area contributed by atoms with Gasteiger partial charge in [-0.15, -0.1) is 0 Å². The lowest BCUT2D eigenvalue weighted by Crippen LogP contribution is -2.34. The first-order valence-corrected chi connectivity index (χ1v) is 7.32. The molecule has 0 radical (unpaired) electrons. The zero-order valence-electron chi connectivity index (χ0n) is 12.9. The van der Waals surface area contributed by atoms with E-state index < -0.39 is 0 Å². The van der Waals surface area contributed by atoms with Crippen LogP contribution in [-0.2, 0) is 17.9 Å². The molecule has 23 heavy (non-hydrogen) atoms. The molecular weight excluding hydrogens is 292 g/mol. The van der Waals surface area contributed by atoms with Crippen molar-refractivity contribution in [2.45, 2.75) is 13.1 Å². The van der Waals surface area contributed by atoms with E-state index in [-0.39, 0.29) is 5.91 Å². The summed E-state index contributed by atoms with van der Waals surface area (Å²) in [5.74, 6) is -0.0274. The number of pyridine rings is 1. The summed E-state index contributed by atoms with van der Waals surface area (Å²) in [5.41, 5.74) is 2.77. The highest BCUT2D eigenvalue weighted by Gasteiger charge is 2.09. The van der Waals surface area contributed by atoms with Crippen molar-refractivity contribution in [3.05, 3.63) is 60.6 Å². The summed E-state index contributed by atoms with van der Waals surface area (Å²) in [5, 5.41) is 2.92. The minimum absolute atomic E-state index is 0.0274. The fourth-order valence-corrected chi connectivity index (χ4v) is 2.37. The average Bonchev–Trinajstić information content (AvgIpc) is 2.97. The molecule has 0 aliphatic carbocycles. The van der Waals surface area contributed by atoms with Gasteiger partial charge >= 0.3 is 0 Å². The van der Waals surface area contributed by atoms with Gasteiger partial charge in [0.2, 0.25) is 5.91 Å². The number of carbonyl (C=O) groups excluding carboxylic acids is 1. The van der Waals surface area contributed by atoms with Crippen molar-refractivity contribution in [3.8, 4) is 0 Å². The van der Waals surface area contributed by atoms with Crippen LogP contribution in [0.5, 0.6) is 0 Å². The second-order valence-corrected chi connectivity index (χ2v) is 5.36. The molecule has 0 saturated carbocycles. The number of likely N-dealkylation sites (N-methyl/N-ethyl adjacent to an activating group) is 1. The zero-order chi connectivity index (χ0) is 16.1. The third kappa shape index (κ3) is 3.89. The van der Waals surface area contributed by atoms with Crippen LogP contribution < -0.4 is 5.32 Å². The van der Waals surface area contributed by atoms with Crippen molar-refractivity contribution in [1.82, 2.24) is 29.6 Å². The number of nitrogens with zero attached hydrogens (tertiary/aromatic N) is 5. The molecule has 1 amide bonds. The van der Waals surface area contributed by atoms with Crippen LogP contribution in [0.25, 0.3) is 5.65 Å². The maximum atomic E-state index is 12.1. The highest BCUT2D eigenvalue weighted by atomic mass is 16.2. The number of imidazole rings is 1. The Morgan fingerprint density at radius 2 is 2.13 bits per heavy atom. The summed E-state index contributed by atoms with van der Waals surface area (Å²) in [4.78, 5) is 26.4. The van der Waals surface area contributed by atoms with E-state index in [2.05, 4.69) is 20.3 Å². The van der Waals surface area contributed by atoms with Crippen LogP contribution in [0.2, 0.25) is 0 Å². The molecule has 118 valence electrons. The van der Waals surface area contributed by atoms with Crippen molar-refractivity contribution in [2.24, 2.45) is 0 Å². The van der Waals surface area contributed by atoms with Gasteiger partial charge < -0.3 is 5.32 Å². The maximum absolute atomic E-state index is 12.1. The Morgan fingerprint density at radius 3 is 2.96 bits per heavy atom. The SMILES string of the molecule is CN(CC(=O)NCc1cnc2cnccn12)Cc1cccnc1. The van der Waals surface area contributed by atoms with Crippen LogP contribution in [0.4, 0.5) is 0 Å². The summed E-state index contributed by atoms with van der Waals surface area (Å²) in [7, 11) is 1.91. The summed E-state index contributed by atoms with van der Waals surface area (Å²) in [6.45, 7) is 1.44. The minimum atomic E-state index is -0.0274. The Hall–Kier alpha value is -2.80. The summed E-state index contributed by atoms with van der Waals surface area (Å²) in [6, 6.07) is 3.89. The molecule has 7 heteroatoms. The van der Waals surface area contributed by atoms with E-state index >= 15 is 0 Å². The van der Waals surface area contributed by atoms with Crippen LogP contribution in [0.3, 0.4) is 0 Å². The van der Waals surface area contributed by atoms with Crippen LogP contribution in [0.1, 0.15) is 11.3 Å². The van der Waals surface area contributed by atoms with E-state index in [1.54, 1.807) is 31.0 Å². The lowest BCUT2D eigenvalue weighted by Gasteiger charge is -2.16. The molecule has 0 atom stereocenters. The van der Waals surface area contributed by atoms with Crippen molar-refractivity contribution in [1.29, 1.82) is 0 Å². The highest BCUT2D eigenvalue weighted by Crippen LogP contribution is 2.04. The predicted molar refractivity (Wildman–Crippen MR) is 85.4 cm³/mol. The molecule has 0 unspecified atom stereocenters. The standard InChI is InChI=1S/C16H18N6O/c1-21(11-13-3-2-4-17-7-13)12-16(23)20-9-14-8-19-15-10-18-5-6-22(14)15/h2-8,10H,9,11-12H2,1H3,(H,20,23). The molecule has 0 bridgehead atoms. The summed E-state index contributed by atoms with van der Waals surface area (Å²) in [6.07, 6.45) is 10.5. The lowest BCUT2D eigenvalue weighted by molar-refractivity contribution is -0.122. The summed E-state index contributed by atoms with van der Waals surface area (Å²) >= 11 is 0. The number of hydrogen-bond donors (Lipinski definition) is 1. The molecule has 3 rings (SSSR count). The second kappa shape index (κ2) is 6.97. The highest BCUT2D eigenvalue weighted by molar-refractivity contribution is 5.77. The van der Waals surface area contributed by atoms with Crippen molar-refractivity contribution in [2.75, 3.05) is 13.6 Å². The first-order valence-electron chi connectivity index (χ1n) is 7.32. The van der Waals surface area contributed by atoms with Gasteiger partial charge in [-0.05, 0) is 18.7 Å². The average molecular weight is 310 g/mol. The molecule has 3 heterocycles. The Bertz CT molecular complexity index is 785. The van der Waals surface area contributed by atoms with Crippen LogP contribution >= 0.6 is 0 Å². The normalized spacial score (nSPS) is 11.0. The first kappa shape index (κ1) is 15.1. The Morgan fingerprint density at radius 1 is 1.26 bits per heavy atom. The van der Waals surface area contributed by atoms with Crippen LogP contribution in [0, 0.1) is 0 Å². The van der Waals surface area contributed by atoms with E-state index in [1.165, 1.54) is 0 Å². The second-order valence-electron chi connectivity index (χ2n) is 5.36. The minimum Gasteiger partial charge on any atom is -0.349 e. The molecule has 0 saturated heterocycles. The van der Waals surface area contributed by atoms with E-state index in [1.807, 2.05) is 34.7 Å². The fraction of sp³-hybridized carbons (Fsp3) is 0.250. The molecule has 0 spiro atoms. The third-order valence-corrected chi connectivity index (χ3v) is 3.45. The molecule has 0 aromatic carbocycles. The van der Waals surface area contributed by atoms with Gasteiger partial charge in [-0.1, -0.05) is 6.07 Å². The van der Waals surface area contributed by atoms with Gasteiger partial charge in [0.05, 0.1) is 31.2 Å².